The minimum Gasteiger partial charge on any atom is -0.371 e. The highest BCUT2D eigenvalue weighted by molar-refractivity contribution is 5.83. The molecule has 1 atom stereocenters. The fraction of sp³-hybridized carbons (Fsp3) is 0.304. The Balaban J connectivity index is 1.56. The van der Waals surface area contributed by atoms with Crippen molar-refractivity contribution < 1.29 is 4.79 Å². The van der Waals surface area contributed by atoms with Gasteiger partial charge in [0.25, 0.3) is 0 Å². The Kier molecular flexibility index (Phi) is 5.42. The number of hydrogen-bond acceptors (Lipinski definition) is 3. The summed E-state index contributed by atoms with van der Waals surface area (Å²) in [4.78, 5) is 19.9. The van der Waals surface area contributed by atoms with Crippen molar-refractivity contribution >= 4 is 11.6 Å². The lowest BCUT2D eigenvalue weighted by molar-refractivity contribution is -0.123. The average Bonchev–Trinajstić information content (AvgIpc) is 3.40. The SMILES string of the molecule is Cc1nccn1[C@H](C(=O)NCc1ccccc1N1CCCC1)c1ccccc1. The number of aromatic nitrogens is 2. The number of hydrogen-bond donors (Lipinski definition) is 1. The van der Waals surface area contributed by atoms with Crippen molar-refractivity contribution in [2.75, 3.05) is 18.0 Å². The number of carbonyl (C=O) groups excluding carboxylic acids is 1. The van der Waals surface area contributed by atoms with Gasteiger partial charge in [-0.3, -0.25) is 4.79 Å². The number of carbonyl (C=O) groups is 1. The van der Waals surface area contributed by atoms with Crippen LogP contribution in [0.15, 0.2) is 67.0 Å². The van der Waals surface area contributed by atoms with Crippen LogP contribution in [0.4, 0.5) is 5.69 Å². The predicted molar refractivity (Wildman–Crippen MR) is 111 cm³/mol. The summed E-state index contributed by atoms with van der Waals surface area (Å²) in [7, 11) is 0. The number of rotatable bonds is 6. The molecule has 2 aromatic carbocycles. The fourth-order valence-electron chi connectivity index (χ4n) is 3.94. The molecular weight excluding hydrogens is 348 g/mol. The van der Waals surface area contributed by atoms with Gasteiger partial charge in [-0.2, -0.15) is 0 Å². The lowest BCUT2D eigenvalue weighted by atomic mass is 10.1. The predicted octanol–water partition coefficient (Wildman–Crippen LogP) is 3.70. The molecule has 1 saturated heterocycles. The summed E-state index contributed by atoms with van der Waals surface area (Å²) in [6.45, 7) is 4.62. The number of anilines is 1. The van der Waals surface area contributed by atoms with E-state index in [9.17, 15) is 4.79 Å². The molecule has 0 spiro atoms. The van der Waals surface area contributed by atoms with E-state index in [1.165, 1.54) is 18.5 Å². The molecule has 1 amide bonds. The van der Waals surface area contributed by atoms with Gasteiger partial charge in [-0.1, -0.05) is 48.5 Å². The van der Waals surface area contributed by atoms with Crippen molar-refractivity contribution in [1.82, 2.24) is 14.9 Å². The van der Waals surface area contributed by atoms with E-state index in [0.29, 0.717) is 6.54 Å². The summed E-state index contributed by atoms with van der Waals surface area (Å²) in [5.41, 5.74) is 3.34. The van der Waals surface area contributed by atoms with Crippen LogP contribution in [0.2, 0.25) is 0 Å². The second kappa shape index (κ2) is 8.30. The molecule has 2 heterocycles. The smallest absolute Gasteiger partial charge is 0.248 e. The van der Waals surface area contributed by atoms with Crippen LogP contribution in [0.5, 0.6) is 0 Å². The maximum absolute atomic E-state index is 13.2. The molecule has 0 bridgehead atoms. The van der Waals surface area contributed by atoms with Crippen LogP contribution in [0.3, 0.4) is 0 Å². The maximum Gasteiger partial charge on any atom is 0.248 e. The molecule has 5 heteroatoms. The Hall–Kier alpha value is -3.08. The van der Waals surface area contributed by atoms with Crippen molar-refractivity contribution in [2.45, 2.75) is 32.4 Å². The van der Waals surface area contributed by atoms with E-state index in [4.69, 9.17) is 0 Å². The van der Waals surface area contributed by atoms with E-state index in [2.05, 4.69) is 33.4 Å². The molecule has 144 valence electrons. The maximum atomic E-state index is 13.2. The van der Waals surface area contributed by atoms with Crippen LogP contribution in [-0.2, 0) is 11.3 Å². The first-order valence-corrected chi connectivity index (χ1v) is 9.89. The molecule has 0 radical (unpaired) electrons. The Labute approximate surface area is 166 Å². The minimum absolute atomic E-state index is 0.0245. The summed E-state index contributed by atoms with van der Waals surface area (Å²) in [5, 5.41) is 3.16. The minimum atomic E-state index is -0.428. The second-order valence-electron chi connectivity index (χ2n) is 7.24. The molecule has 1 aliphatic rings. The monoisotopic (exact) mass is 374 g/mol. The van der Waals surface area contributed by atoms with Gasteiger partial charge in [0.2, 0.25) is 5.91 Å². The van der Waals surface area contributed by atoms with Crippen molar-refractivity contribution in [3.05, 3.63) is 83.9 Å². The molecule has 3 aromatic rings. The third kappa shape index (κ3) is 3.79. The van der Waals surface area contributed by atoms with Crippen LogP contribution in [0, 0.1) is 6.92 Å². The summed E-state index contributed by atoms with van der Waals surface area (Å²) in [6.07, 6.45) is 6.07. The van der Waals surface area contributed by atoms with Gasteiger partial charge in [-0.05, 0) is 37.0 Å². The summed E-state index contributed by atoms with van der Waals surface area (Å²) in [6, 6.07) is 17.8. The van der Waals surface area contributed by atoms with Gasteiger partial charge < -0.3 is 14.8 Å². The van der Waals surface area contributed by atoms with Gasteiger partial charge in [-0.25, -0.2) is 4.98 Å². The molecule has 1 fully saturated rings. The third-order valence-electron chi connectivity index (χ3n) is 5.40. The van der Waals surface area contributed by atoms with Gasteiger partial charge in [0, 0.05) is 37.7 Å². The number of aryl methyl sites for hydroxylation is 1. The van der Waals surface area contributed by atoms with Gasteiger partial charge in [-0.15, -0.1) is 0 Å². The zero-order valence-corrected chi connectivity index (χ0v) is 16.2. The topological polar surface area (TPSA) is 50.2 Å². The molecule has 0 saturated carbocycles. The highest BCUT2D eigenvalue weighted by atomic mass is 16.2. The average molecular weight is 374 g/mol. The highest BCUT2D eigenvalue weighted by Gasteiger charge is 2.24. The second-order valence-corrected chi connectivity index (χ2v) is 7.24. The van der Waals surface area contributed by atoms with E-state index >= 15 is 0 Å². The van der Waals surface area contributed by atoms with E-state index in [-0.39, 0.29) is 5.91 Å². The molecule has 5 nitrogen and oxygen atoms in total. The molecule has 0 aliphatic carbocycles. The molecular formula is C23H26N4O. The zero-order valence-electron chi connectivity index (χ0n) is 16.2. The van der Waals surface area contributed by atoms with E-state index in [0.717, 1.165) is 30.0 Å². The summed E-state index contributed by atoms with van der Waals surface area (Å²) >= 11 is 0. The number of benzene rings is 2. The lowest BCUT2D eigenvalue weighted by Crippen LogP contribution is -2.33. The van der Waals surface area contributed by atoms with Crippen molar-refractivity contribution in [3.63, 3.8) is 0 Å². The fourth-order valence-corrected chi connectivity index (χ4v) is 3.94. The van der Waals surface area contributed by atoms with E-state index in [1.807, 2.05) is 54.1 Å². The molecule has 1 aromatic heterocycles. The highest BCUT2D eigenvalue weighted by Crippen LogP contribution is 2.25. The van der Waals surface area contributed by atoms with Crippen LogP contribution >= 0.6 is 0 Å². The Morgan fingerprint density at radius 3 is 2.50 bits per heavy atom. The molecule has 1 aliphatic heterocycles. The quantitative estimate of drug-likeness (QED) is 0.716. The molecule has 1 N–H and O–H groups in total. The molecule has 28 heavy (non-hydrogen) atoms. The van der Waals surface area contributed by atoms with E-state index in [1.54, 1.807) is 6.20 Å². The van der Waals surface area contributed by atoms with E-state index < -0.39 is 6.04 Å². The zero-order chi connectivity index (χ0) is 19.3. The van der Waals surface area contributed by atoms with Gasteiger partial charge >= 0.3 is 0 Å². The van der Waals surface area contributed by atoms with Crippen LogP contribution in [0.25, 0.3) is 0 Å². The van der Waals surface area contributed by atoms with Crippen molar-refractivity contribution in [2.24, 2.45) is 0 Å². The first kappa shape index (κ1) is 18.3. The number of nitrogens with one attached hydrogen (secondary N) is 1. The Morgan fingerprint density at radius 1 is 1.07 bits per heavy atom. The lowest BCUT2D eigenvalue weighted by Gasteiger charge is -2.23. The number of nitrogens with zero attached hydrogens (tertiary/aromatic N) is 3. The van der Waals surface area contributed by atoms with Gasteiger partial charge in [0.15, 0.2) is 0 Å². The van der Waals surface area contributed by atoms with Crippen LogP contribution in [-0.4, -0.2) is 28.5 Å². The Morgan fingerprint density at radius 2 is 1.79 bits per heavy atom. The van der Waals surface area contributed by atoms with Gasteiger partial charge in [0.05, 0.1) is 0 Å². The summed E-state index contributed by atoms with van der Waals surface area (Å²) < 4.78 is 1.93. The normalized spacial score (nSPS) is 14.8. The number of imidazole rings is 1. The first-order chi connectivity index (χ1) is 13.7. The molecule has 0 unspecified atom stereocenters. The third-order valence-corrected chi connectivity index (χ3v) is 5.40. The van der Waals surface area contributed by atoms with Gasteiger partial charge in [0.1, 0.15) is 11.9 Å². The van der Waals surface area contributed by atoms with Crippen LogP contribution < -0.4 is 10.2 Å². The first-order valence-electron chi connectivity index (χ1n) is 9.89. The number of amides is 1. The Bertz CT molecular complexity index is 929. The molecule has 4 rings (SSSR count). The van der Waals surface area contributed by atoms with Crippen molar-refractivity contribution in [3.8, 4) is 0 Å². The van der Waals surface area contributed by atoms with Crippen LogP contribution in [0.1, 0.15) is 35.8 Å². The number of para-hydroxylation sites is 1. The summed E-state index contributed by atoms with van der Waals surface area (Å²) in [5.74, 6) is 0.796. The standard InChI is InChI=1S/C23H26N4O/c1-18-24-13-16-27(18)22(19-9-3-2-4-10-19)23(28)25-17-20-11-5-6-12-21(20)26-14-7-8-15-26/h2-6,9-13,16,22H,7-8,14-15,17H2,1H3,(H,25,28)/t22-/m0/s1. The van der Waals surface area contributed by atoms with Crippen molar-refractivity contribution in [1.29, 1.82) is 0 Å². The largest absolute Gasteiger partial charge is 0.371 e.